The highest BCUT2D eigenvalue weighted by atomic mass is 19.1. The number of hydrogen-bond acceptors (Lipinski definition) is 3. The second-order valence-corrected chi connectivity index (χ2v) is 4.82. The Bertz CT molecular complexity index is 527. The Hall–Kier alpha value is -2.11. The second kappa shape index (κ2) is 4.87. The summed E-state index contributed by atoms with van der Waals surface area (Å²) in [5.74, 6) is -2.45. The minimum atomic E-state index is -0.839. The van der Waals surface area contributed by atoms with Crippen molar-refractivity contribution >= 4 is 17.6 Å². The van der Waals surface area contributed by atoms with Crippen LogP contribution in [0.4, 0.5) is 10.1 Å². The van der Waals surface area contributed by atoms with Crippen molar-refractivity contribution in [2.75, 3.05) is 18.0 Å². The quantitative estimate of drug-likeness (QED) is 0.854. The van der Waals surface area contributed by atoms with Gasteiger partial charge in [-0.1, -0.05) is 6.92 Å². The molecule has 1 aliphatic heterocycles. The van der Waals surface area contributed by atoms with Crippen molar-refractivity contribution in [2.24, 2.45) is 17.6 Å². The van der Waals surface area contributed by atoms with E-state index >= 15 is 0 Å². The van der Waals surface area contributed by atoms with Crippen LogP contribution >= 0.6 is 0 Å². The predicted molar refractivity (Wildman–Crippen MR) is 67.4 cm³/mol. The van der Waals surface area contributed by atoms with Gasteiger partial charge in [0.25, 0.3) is 0 Å². The molecule has 1 aromatic rings. The predicted octanol–water partition coefficient (Wildman–Crippen LogP) is 1.08. The Balaban J connectivity index is 2.06. The summed E-state index contributed by atoms with van der Waals surface area (Å²) in [5, 5.41) is 8.88. The molecule has 1 heterocycles. The number of amides is 1. The normalized spacial score (nSPS) is 16.8. The zero-order valence-electron chi connectivity index (χ0n) is 10.5. The molecule has 1 aliphatic rings. The monoisotopic (exact) mass is 266 g/mol. The SMILES string of the molecule is CC(C(=O)O)C1CN(c2ccc(C(N)=O)cc2F)C1. The Morgan fingerprint density at radius 3 is 2.58 bits per heavy atom. The number of nitrogens with two attached hydrogens (primary N) is 1. The second-order valence-electron chi connectivity index (χ2n) is 4.82. The molecule has 6 heteroatoms. The number of nitrogens with zero attached hydrogens (tertiary/aromatic N) is 1. The van der Waals surface area contributed by atoms with Gasteiger partial charge in [0.2, 0.25) is 5.91 Å². The molecular weight excluding hydrogens is 251 g/mol. The van der Waals surface area contributed by atoms with Gasteiger partial charge >= 0.3 is 5.97 Å². The van der Waals surface area contributed by atoms with Gasteiger partial charge in [-0.3, -0.25) is 9.59 Å². The van der Waals surface area contributed by atoms with Crippen molar-refractivity contribution in [1.82, 2.24) is 0 Å². The van der Waals surface area contributed by atoms with Crippen LogP contribution in [0.5, 0.6) is 0 Å². The summed E-state index contributed by atoms with van der Waals surface area (Å²) in [7, 11) is 0. The molecule has 1 unspecified atom stereocenters. The lowest BCUT2D eigenvalue weighted by molar-refractivity contribution is -0.143. The number of rotatable bonds is 4. The highest BCUT2D eigenvalue weighted by Gasteiger charge is 2.35. The molecule has 1 fully saturated rings. The van der Waals surface area contributed by atoms with E-state index in [0.717, 1.165) is 6.07 Å². The molecular formula is C13H15FN2O3. The number of benzene rings is 1. The third-order valence-corrected chi connectivity index (χ3v) is 3.58. The van der Waals surface area contributed by atoms with Gasteiger partial charge in [-0.25, -0.2) is 4.39 Å². The van der Waals surface area contributed by atoms with Crippen molar-refractivity contribution in [3.8, 4) is 0 Å². The standard InChI is InChI=1S/C13H15FN2O3/c1-7(13(18)19)9-5-16(6-9)11-3-2-8(12(15)17)4-10(11)14/h2-4,7,9H,5-6H2,1H3,(H2,15,17)(H,18,19). The molecule has 102 valence electrons. The van der Waals surface area contributed by atoms with Gasteiger partial charge in [0.15, 0.2) is 0 Å². The number of carboxylic acids is 1. The minimum absolute atomic E-state index is 0.0210. The Morgan fingerprint density at radius 1 is 1.47 bits per heavy atom. The van der Waals surface area contributed by atoms with Crippen LogP contribution in [0.15, 0.2) is 18.2 Å². The van der Waals surface area contributed by atoms with Crippen molar-refractivity contribution in [2.45, 2.75) is 6.92 Å². The van der Waals surface area contributed by atoms with E-state index in [1.165, 1.54) is 12.1 Å². The summed E-state index contributed by atoms with van der Waals surface area (Å²) in [4.78, 5) is 23.5. The van der Waals surface area contributed by atoms with E-state index < -0.39 is 23.6 Å². The molecule has 0 aromatic heterocycles. The van der Waals surface area contributed by atoms with Crippen molar-refractivity contribution in [3.63, 3.8) is 0 Å². The molecule has 0 spiro atoms. The summed E-state index contributed by atoms with van der Waals surface area (Å²) in [6, 6.07) is 4.07. The van der Waals surface area contributed by atoms with Gasteiger partial charge in [-0.05, 0) is 18.2 Å². The Morgan fingerprint density at radius 2 is 2.11 bits per heavy atom. The van der Waals surface area contributed by atoms with Crippen LogP contribution in [-0.2, 0) is 4.79 Å². The summed E-state index contributed by atoms with van der Waals surface area (Å²) >= 11 is 0. The molecule has 3 N–H and O–H groups in total. The van der Waals surface area contributed by atoms with Crippen LogP contribution in [0.25, 0.3) is 0 Å². The average molecular weight is 266 g/mol. The number of anilines is 1. The third-order valence-electron chi connectivity index (χ3n) is 3.58. The van der Waals surface area contributed by atoms with Crippen LogP contribution < -0.4 is 10.6 Å². The number of hydrogen-bond donors (Lipinski definition) is 2. The molecule has 0 radical (unpaired) electrons. The van der Waals surface area contributed by atoms with E-state index in [4.69, 9.17) is 10.8 Å². The van der Waals surface area contributed by atoms with Crippen molar-refractivity contribution in [3.05, 3.63) is 29.6 Å². The number of halogens is 1. The molecule has 19 heavy (non-hydrogen) atoms. The molecule has 0 aliphatic carbocycles. The van der Waals surface area contributed by atoms with E-state index in [0.29, 0.717) is 18.8 Å². The number of aliphatic carboxylic acids is 1. The summed E-state index contributed by atoms with van der Waals surface area (Å²) in [6.45, 7) is 2.65. The maximum atomic E-state index is 13.8. The molecule has 1 amide bonds. The fourth-order valence-corrected chi connectivity index (χ4v) is 2.14. The highest BCUT2D eigenvalue weighted by Crippen LogP contribution is 2.31. The third kappa shape index (κ3) is 2.52. The number of carbonyl (C=O) groups excluding carboxylic acids is 1. The smallest absolute Gasteiger partial charge is 0.306 e. The fourth-order valence-electron chi connectivity index (χ4n) is 2.14. The lowest BCUT2D eigenvalue weighted by Gasteiger charge is -2.43. The zero-order chi connectivity index (χ0) is 14.2. The van der Waals surface area contributed by atoms with Crippen LogP contribution in [0.2, 0.25) is 0 Å². The van der Waals surface area contributed by atoms with Gasteiger partial charge in [0, 0.05) is 24.6 Å². The minimum Gasteiger partial charge on any atom is -0.481 e. The Labute approximate surface area is 109 Å². The van der Waals surface area contributed by atoms with Gasteiger partial charge < -0.3 is 15.7 Å². The van der Waals surface area contributed by atoms with E-state index in [2.05, 4.69) is 0 Å². The molecule has 2 rings (SSSR count). The molecule has 0 bridgehead atoms. The Kier molecular flexibility index (Phi) is 3.42. The lowest BCUT2D eigenvalue weighted by atomic mass is 9.86. The summed E-state index contributed by atoms with van der Waals surface area (Å²) in [6.07, 6.45) is 0. The average Bonchev–Trinajstić information content (AvgIpc) is 2.28. The van der Waals surface area contributed by atoms with Gasteiger partial charge in [0.1, 0.15) is 5.82 Å². The van der Waals surface area contributed by atoms with E-state index in [-0.39, 0.29) is 11.5 Å². The first kappa shape index (κ1) is 13.3. The molecule has 1 atom stereocenters. The molecule has 1 saturated heterocycles. The maximum absolute atomic E-state index is 13.8. The summed E-state index contributed by atoms with van der Waals surface area (Å²) < 4.78 is 13.8. The van der Waals surface area contributed by atoms with Gasteiger partial charge in [-0.2, -0.15) is 0 Å². The number of primary amides is 1. The van der Waals surface area contributed by atoms with Crippen molar-refractivity contribution < 1.29 is 19.1 Å². The van der Waals surface area contributed by atoms with E-state index in [1.807, 2.05) is 0 Å². The van der Waals surface area contributed by atoms with Crippen LogP contribution in [0.3, 0.4) is 0 Å². The van der Waals surface area contributed by atoms with Crippen molar-refractivity contribution in [1.29, 1.82) is 0 Å². The molecule has 5 nitrogen and oxygen atoms in total. The highest BCUT2D eigenvalue weighted by molar-refractivity contribution is 5.93. The van der Waals surface area contributed by atoms with Gasteiger partial charge in [-0.15, -0.1) is 0 Å². The molecule has 0 saturated carbocycles. The lowest BCUT2D eigenvalue weighted by Crippen LogP contribution is -2.51. The fraction of sp³-hybridized carbons (Fsp3) is 0.385. The zero-order valence-corrected chi connectivity index (χ0v) is 10.5. The number of carbonyl (C=O) groups is 2. The topological polar surface area (TPSA) is 83.6 Å². The van der Waals surface area contributed by atoms with Crippen LogP contribution in [-0.4, -0.2) is 30.1 Å². The van der Waals surface area contributed by atoms with E-state index in [9.17, 15) is 14.0 Å². The number of carboxylic acid groups (broad SMARTS) is 1. The van der Waals surface area contributed by atoms with E-state index in [1.54, 1.807) is 11.8 Å². The van der Waals surface area contributed by atoms with Crippen LogP contribution in [0, 0.1) is 17.7 Å². The maximum Gasteiger partial charge on any atom is 0.306 e. The molecule has 1 aromatic carbocycles. The summed E-state index contributed by atoms with van der Waals surface area (Å²) in [5.41, 5.74) is 5.56. The van der Waals surface area contributed by atoms with Gasteiger partial charge in [0.05, 0.1) is 11.6 Å². The van der Waals surface area contributed by atoms with Crippen LogP contribution in [0.1, 0.15) is 17.3 Å². The first-order chi connectivity index (χ1) is 8.90. The first-order valence-electron chi connectivity index (χ1n) is 5.97. The first-order valence-corrected chi connectivity index (χ1v) is 5.97. The largest absolute Gasteiger partial charge is 0.481 e.